The van der Waals surface area contributed by atoms with Gasteiger partial charge in [-0.05, 0) is 80.5 Å². The molecule has 42 heavy (non-hydrogen) atoms. The Labute approximate surface area is 238 Å². The van der Waals surface area contributed by atoms with Crippen LogP contribution in [0.4, 0.5) is 34.6 Å². The van der Waals surface area contributed by atoms with Crippen molar-refractivity contribution in [3.63, 3.8) is 0 Å². The third-order valence-electron chi connectivity index (χ3n) is 7.41. The number of carbonyl (C=O) groups excluding carboxylic acids is 2. The number of carbonyl (C=O) groups is 3. The molecule has 2 heterocycles. The van der Waals surface area contributed by atoms with E-state index in [0.717, 1.165) is 49.2 Å². The molecule has 1 fully saturated rings. The van der Waals surface area contributed by atoms with Crippen LogP contribution in [0, 0.1) is 5.82 Å². The van der Waals surface area contributed by atoms with Gasteiger partial charge in [0.15, 0.2) is 5.69 Å². The number of hydrogen-bond donors (Lipinski definition) is 3. The van der Waals surface area contributed by atoms with Crippen molar-refractivity contribution in [2.24, 2.45) is 0 Å². The average molecular weight is 588 g/mol. The summed E-state index contributed by atoms with van der Waals surface area (Å²) in [5.41, 5.74) is 2.10. The van der Waals surface area contributed by atoms with Crippen molar-refractivity contribution in [3.8, 4) is 0 Å². The highest BCUT2D eigenvalue weighted by atomic mass is 19.4. The highest BCUT2D eigenvalue weighted by molar-refractivity contribution is 6.09. The number of carboxylic acid groups (broad SMARTS) is 1. The van der Waals surface area contributed by atoms with Gasteiger partial charge in [-0.2, -0.15) is 18.3 Å². The number of hydrogen-bond acceptors (Lipinski definition) is 5. The molecule has 1 aliphatic carbocycles. The number of aliphatic carboxylic acids is 1. The topological polar surface area (TPSA) is 117 Å². The summed E-state index contributed by atoms with van der Waals surface area (Å²) in [5.74, 6) is -3.14. The minimum absolute atomic E-state index is 0.0733. The summed E-state index contributed by atoms with van der Waals surface area (Å²) in [7, 11) is 0. The van der Waals surface area contributed by atoms with Gasteiger partial charge in [0.25, 0.3) is 11.8 Å². The van der Waals surface area contributed by atoms with Gasteiger partial charge in [0.1, 0.15) is 12.4 Å². The van der Waals surface area contributed by atoms with E-state index in [9.17, 15) is 37.1 Å². The van der Waals surface area contributed by atoms with E-state index in [2.05, 4.69) is 20.6 Å². The lowest BCUT2D eigenvalue weighted by atomic mass is 10.1. The van der Waals surface area contributed by atoms with Gasteiger partial charge in [0.2, 0.25) is 0 Å². The third kappa shape index (κ3) is 6.55. The van der Waals surface area contributed by atoms with Gasteiger partial charge in [-0.15, -0.1) is 0 Å². The van der Waals surface area contributed by atoms with Crippen molar-refractivity contribution < 1.29 is 37.1 Å². The zero-order valence-electron chi connectivity index (χ0n) is 22.6. The van der Waals surface area contributed by atoms with Gasteiger partial charge in [-0.1, -0.05) is 0 Å². The highest BCUT2D eigenvalue weighted by Gasteiger charge is 2.34. The number of nitrogens with zero attached hydrogens (tertiary/aromatic N) is 3. The molecule has 0 unspecified atom stereocenters. The molecule has 1 saturated heterocycles. The van der Waals surface area contributed by atoms with E-state index >= 15 is 0 Å². The highest BCUT2D eigenvalue weighted by Crippen LogP contribution is 2.33. The Balaban J connectivity index is 1.45. The second-order valence-corrected chi connectivity index (χ2v) is 10.5. The number of aromatic nitrogens is 2. The van der Waals surface area contributed by atoms with Crippen molar-refractivity contribution in [2.45, 2.75) is 57.7 Å². The quantitative estimate of drug-likeness (QED) is 0.312. The number of benzene rings is 2. The minimum atomic E-state index is -4.49. The fourth-order valence-electron chi connectivity index (χ4n) is 5.55. The lowest BCUT2D eigenvalue weighted by molar-refractivity contribution is -0.143. The van der Waals surface area contributed by atoms with Crippen LogP contribution in [-0.4, -0.2) is 51.9 Å². The molecule has 3 aromatic rings. The summed E-state index contributed by atoms with van der Waals surface area (Å²) >= 11 is 0. The zero-order chi connectivity index (χ0) is 30.0. The van der Waals surface area contributed by atoms with Crippen molar-refractivity contribution in [1.29, 1.82) is 0 Å². The summed E-state index contributed by atoms with van der Waals surface area (Å²) in [6.45, 7) is 0.154. The number of anilines is 3. The molecule has 2 aromatic carbocycles. The Morgan fingerprint density at radius 1 is 0.905 bits per heavy atom. The first-order chi connectivity index (χ1) is 20.0. The van der Waals surface area contributed by atoms with Crippen molar-refractivity contribution in [2.75, 3.05) is 28.6 Å². The molecule has 1 aromatic heterocycles. The van der Waals surface area contributed by atoms with E-state index < -0.39 is 42.7 Å². The number of alkyl halides is 3. The van der Waals surface area contributed by atoms with Crippen LogP contribution >= 0.6 is 0 Å². The van der Waals surface area contributed by atoms with Crippen molar-refractivity contribution in [1.82, 2.24) is 9.78 Å². The first kappa shape index (κ1) is 29.1. The lowest BCUT2D eigenvalue weighted by Gasteiger charge is -2.30. The predicted molar refractivity (Wildman–Crippen MR) is 146 cm³/mol. The second-order valence-electron chi connectivity index (χ2n) is 10.5. The summed E-state index contributed by atoms with van der Waals surface area (Å²) in [5, 5.41) is 18.6. The second kappa shape index (κ2) is 11.8. The van der Waals surface area contributed by atoms with E-state index in [0.29, 0.717) is 36.2 Å². The van der Waals surface area contributed by atoms with Crippen LogP contribution < -0.4 is 15.5 Å². The van der Waals surface area contributed by atoms with E-state index in [1.54, 1.807) is 12.1 Å². The first-order valence-corrected chi connectivity index (χ1v) is 13.7. The predicted octanol–water partition coefficient (Wildman–Crippen LogP) is 5.20. The molecule has 0 spiro atoms. The third-order valence-corrected chi connectivity index (χ3v) is 7.41. The van der Waals surface area contributed by atoms with Gasteiger partial charge in [0.05, 0.1) is 17.8 Å². The Bertz CT molecular complexity index is 1530. The molecule has 0 radical (unpaired) electrons. The summed E-state index contributed by atoms with van der Waals surface area (Å²) in [6.07, 6.45) is -0.627. The molecule has 5 rings (SSSR count). The van der Waals surface area contributed by atoms with Gasteiger partial charge < -0.3 is 20.6 Å². The summed E-state index contributed by atoms with van der Waals surface area (Å²) < 4.78 is 54.1. The Morgan fingerprint density at radius 2 is 1.64 bits per heavy atom. The van der Waals surface area contributed by atoms with E-state index in [1.807, 2.05) is 0 Å². The van der Waals surface area contributed by atoms with Gasteiger partial charge in [-0.3, -0.25) is 19.1 Å². The fourth-order valence-corrected chi connectivity index (χ4v) is 5.55. The Hall–Kier alpha value is -4.42. The molecule has 222 valence electrons. The molecule has 3 N–H and O–H groups in total. The molecule has 13 heteroatoms. The molecular formula is C29H29F4N5O4. The molecule has 2 aliphatic rings. The van der Waals surface area contributed by atoms with Crippen molar-refractivity contribution in [3.05, 3.63) is 70.3 Å². The normalized spacial score (nSPS) is 14.9. The average Bonchev–Trinajstić information content (AvgIpc) is 3.53. The van der Waals surface area contributed by atoms with Crippen LogP contribution in [0.3, 0.4) is 0 Å². The summed E-state index contributed by atoms with van der Waals surface area (Å²) in [4.78, 5) is 40.0. The van der Waals surface area contributed by atoms with Crippen LogP contribution in [0.1, 0.15) is 63.4 Å². The minimum Gasteiger partial charge on any atom is -0.481 e. The molecule has 1 aliphatic heterocycles. The Morgan fingerprint density at radius 3 is 2.36 bits per heavy atom. The largest absolute Gasteiger partial charge is 0.481 e. The smallest absolute Gasteiger partial charge is 0.408 e. The van der Waals surface area contributed by atoms with E-state index in [-0.39, 0.29) is 28.2 Å². The number of carboxylic acids is 1. The maximum absolute atomic E-state index is 13.7. The van der Waals surface area contributed by atoms with Crippen LogP contribution in [0.5, 0.6) is 0 Å². The molecule has 0 saturated carbocycles. The van der Waals surface area contributed by atoms with Crippen LogP contribution in [0.2, 0.25) is 0 Å². The molecular weight excluding hydrogens is 558 g/mol. The molecule has 2 amide bonds. The maximum Gasteiger partial charge on any atom is 0.408 e. The van der Waals surface area contributed by atoms with E-state index in [1.165, 1.54) is 12.1 Å². The summed E-state index contributed by atoms with van der Waals surface area (Å²) in [6, 6.07) is 8.11. The number of amides is 2. The number of fused-ring (bicyclic) bond motifs is 1. The number of rotatable bonds is 8. The van der Waals surface area contributed by atoms with Crippen LogP contribution in [0.25, 0.3) is 0 Å². The maximum atomic E-state index is 13.7. The number of nitrogens with one attached hydrogen (secondary N) is 2. The van der Waals surface area contributed by atoms with Crippen LogP contribution in [-0.2, 0) is 30.6 Å². The standard InChI is InChI=1S/C29H29F4N5O4/c30-19-8-9-21(18(13-19)15-25(39)40)34-27(41)17-7-10-24(37-11-2-1-3-12-37)22(14-17)35-28(42)26-20-5-4-6-23(20)38(36-26)16-29(31,32)33/h7-10,13-14H,1-6,11-12,15-16H2,(H,34,41)(H,35,42)(H,39,40). The van der Waals surface area contributed by atoms with Crippen molar-refractivity contribution >= 4 is 34.8 Å². The SMILES string of the molecule is O=C(O)Cc1cc(F)ccc1NC(=O)c1ccc(N2CCCCC2)c(NC(=O)c2nn(CC(F)(F)F)c3c2CCC3)c1. The van der Waals surface area contributed by atoms with Crippen LogP contribution in [0.15, 0.2) is 36.4 Å². The Kier molecular flexibility index (Phi) is 8.19. The first-order valence-electron chi connectivity index (χ1n) is 13.7. The lowest BCUT2D eigenvalue weighted by Crippen LogP contribution is -2.30. The van der Waals surface area contributed by atoms with Gasteiger partial charge in [0, 0.05) is 35.6 Å². The molecule has 0 bridgehead atoms. The fraction of sp³-hybridized carbons (Fsp3) is 0.379. The van der Waals surface area contributed by atoms with Gasteiger partial charge >= 0.3 is 12.1 Å². The zero-order valence-corrected chi connectivity index (χ0v) is 22.6. The van der Waals surface area contributed by atoms with Gasteiger partial charge in [-0.25, -0.2) is 4.39 Å². The van der Waals surface area contributed by atoms with E-state index in [4.69, 9.17) is 0 Å². The number of piperidine rings is 1. The molecule has 9 nitrogen and oxygen atoms in total. The number of halogens is 4. The monoisotopic (exact) mass is 587 g/mol. The molecule has 0 atom stereocenters.